The summed E-state index contributed by atoms with van der Waals surface area (Å²) in [6.45, 7) is 3.85. The van der Waals surface area contributed by atoms with E-state index in [1.807, 2.05) is 46.1 Å². The molecule has 0 amide bonds. The van der Waals surface area contributed by atoms with Crippen LogP contribution in [-0.2, 0) is 17.1 Å². The zero-order valence-electron chi connectivity index (χ0n) is 10.3. The van der Waals surface area contributed by atoms with Gasteiger partial charge in [0.1, 0.15) is 0 Å². The predicted octanol–water partition coefficient (Wildman–Crippen LogP) is 1.55. The topological polar surface area (TPSA) is 40.5 Å². The third-order valence-electron chi connectivity index (χ3n) is 1.98. The van der Waals surface area contributed by atoms with Crippen molar-refractivity contribution in [3.05, 3.63) is 29.6 Å². The Morgan fingerprint density at radius 3 is 2.59 bits per heavy atom. The summed E-state index contributed by atoms with van der Waals surface area (Å²) in [4.78, 5) is 6.16. The van der Waals surface area contributed by atoms with Gasteiger partial charge in [-0.2, -0.15) is 5.10 Å². The van der Waals surface area contributed by atoms with Crippen molar-refractivity contribution < 1.29 is 17.1 Å². The van der Waals surface area contributed by atoms with Gasteiger partial charge in [-0.05, 0) is 38.2 Å². The molecule has 1 radical (unpaired) electrons. The number of hydrazone groups is 1. The number of nitrogens with one attached hydrogen (secondary N) is 1. The number of thiocarbonyl (C=S) groups is 1. The Kier molecular flexibility index (Phi) is 6.95. The minimum Gasteiger partial charge on any atom is -0.354 e. The van der Waals surface area contributed by atoms with Crippen LogP contribution in [0.5, 0.6) is 0 Å². The number of aromatic nitrogens is 1. The largest absolute Gasteiger partial charge is 2.00 e. The molecule has 0 unspecified atom stereocenters. The molecule has 0 aromatic carbocycles. The van der Waals surface area contributed by atoms with Crippen molar-refractivity contribution in [1.82, 2.24) is 15.3 Å². The molecule has 0 aliphatic rings. The molecule has 4 nitrogen and oxygen atoms in total. The number of aryl methyl sites for hydroxylation is 1. The van der Waals surface area contributed by atoms with Crippen LogP contribution in [0, 0.1) is 6.92 Å². The van der Waals surface area contributed by atoms with E-state index in [1.165, 1.54) is 0 Å². The van der Waals surface area contributed by atoms with Crippen molar-refractivity contribution in [2.45, 2.75) is 13.8 Å². The fraction of sp³-hybridized carbons (Fsp3) is 0.364. The van der Waals surface area contributed by atoms with Crippen molar-refractivity contribution in [3.63, 3.8) is 0 Å². The van der Waals surface area contributed by atoms with Crippen molar-refractivity contribution in [2.24, 2.45) is 5.10 Å². The van der Waals surface area contributed by atoms with E-state index in [0.29, 0.717) is 5.11 Å². The Balaban J connectivity index is 0.00000256. The van der Waals surface area contributed by atoms with Crippen molar-refractivity contribution in [3.8, 4) is 0 Å². The van der Waals surface area contributed by atoms with E-state index in [0.717, 1.165) is 17.1 Å². The predicted molar refractivity (Wildman–Crippen MR) is 70.6 cm³/mol. The molecular weight excluding hydrogens is 284 g/mol. The number of nitrogens with zero attached hydrogens (tertiary/aromatic N) is 3. The van der Waals surface area contributed by atoms with Crippen LogP contribution < -0.4 is 5.43 Å². The van der Waals surface area contributed by atoms with Gasteiger partial charge >= 0.3 is 17.1 Å². The first-order valence-corrected chi connectivity index (χ1v) is 5.37. The first kappa shape index (κ1) is 16.0. The SMILES string of the molecule is CC(=NNC(=S)N(C)C)c1cccc(C)n1.[Cu+2]. The third kappa shape index (κ3) is 5.26. The molecule has 0 saturated heterocycles. The molecule has 1 N–H and O–H groups in total. The Morgan fingerprint density at radius 1 is 1.41 bits per heavy atom. The smallest absolute Gasteiger partial charge is 0.354 e. The van der Waals surface area contributed by atoms with E-state index in [9.17, 15) is 0 Å². The number of pyridine rings is 1. The molecule has 0 bridgehead atoms. The second-order valence-electron chi connectivity index (χ2n) is 3.67. The van der Waals surface area contributed by atoms with Gasteiger partial charge < -0.3 is 4.90 Å². The van der Waals surface area contributed by atoms with Crippen LogP contribution in [-0.4, -0.2) is 34.8 Å². The maximum absolute atomic E-state index is 5.06. The molecule has 17 heavy (non-hydrogen) atoms. The minimum atomic E-state index is 0. The van der Waals surface area contributed by atoms with Gasteiger partial charge in [0, 0.05) is 19.8 Å². The van der Waals surface area contributed by atoms with Gasteiger partial charge in [0.05, 0.1) is 11.4 Å². The van der Waals surface area contributed by atoms with Gasteiger partial charge in [-0.15, -0.1) is 0 Å². The zero-order chi connectivity index (χ0) is 12.1. The van der Waals surface area contributed by atoms with E-state index >= 15 is 0 Å². The molecule has 0 spiro atoms. The van der Waals surface area contributed by atoms with Crippen LogP contribution in [0.2, 0.25) is 0 Å². The molecule has 95 valence electrons. The summed E-state index contributed by atoms with van der Waals surface area (Å²) < 4.78 is 0. The maximum Gasteiger partial charge on any atom is 2.00 e. The van der Waals surface area contributed by atoms with E-state index in [-0.39, 0.29) is 17.1 Å². The quantitative estimate of drug-likeness (QED) is 0.389. The molecular formula is C11H16CuN4S+2. The Hall–Kier alpha value is -0.971. The summed E-state index contributed by atoms with van der Waals surface area (Å²) in [5, 5.41) is 4.75. The Labute approximate surface area is 118 Å². The molecule has 1 heterocycles. The van der Waals surface area contributed by atoms with Gasteiger partial charge in [-0.1, -0.05) is 6.07 Å². The summed E-state index contributed by atoms with van der Waals surface area (Å²) in [6, 6.07) is 5.84. The van der Waals surface area contributed by atoms with Crippen LogP contribution in [0.15, 0.2) is 23.3 Å². The first-order chi connectivity index (χ1) is 7.50. The molecule has 0 saturated carbocycles. The summed E-state index contributed by atoms with van der Waals surface area (Å²) >= 11 is 5.06. The molecule has 0 aliphatic carbocycles. The molecule has 0 atom stereocenters. The van der Waals surface area contributed by atoms with Crippen LogP contribution >= 0.6 is 12.2 Å². The van der Waals surface area contributed by atoms with Gasteiger partial charge in [-0.3, -0.25) is 10.4 Å². The van der Waals surface area contributed by atoms with Crippen molar-refractivity contribution in [1.29, 1.82) is 0 Å². The average molecular weight is 300 g/mol. The van der Waals surface area contributed by atoms with Gasteiger partial charge in [-0.25, -0.2) is 0 Å². The van der Waals surface area contributed by atoms with E-state index in [1.54, 1.807) is 4.90 Å². The van der Waals surface area contributed by atoms with Crippen molar-refractivity contribution in [2.75, 3.05) is 14.1 Å². The fourth-order valence-electron chi connectivity index (χ4n) is 1.03. The van der Waals surface area contributed by atoms with E-state index in [4.69, 9.17) is 12.2 Å². The van der Waals surface area contributed by atoms with Gasteiger partial charge in [0.25, 0.3) is 0 Å². The molecule has 1 rings (SSSR count). The van der Waals surface area contributed by atoms with E-state index < -0.39 is 0 Å². The van der Waals surface area contributed by atoms with Crippen molar-refractivity contribution >= 4 is 23.0 Å². The maximum atomic E-state index is 5.06. The summed E-state index contributed by atoms with van der Waals surface area (Å²) in [6.07, 6.45) is 0. The molecule has 0 aliphatic heterocycles. The number of hydrogen-bond acceptors (Lipinski definition) is 3. The van der Waals surface area contributed by atoms with Crippen LogP contribution in [0.3, 0.4) is 0 Å². The number of hydrogen-bond donors (Lipinski definition) is 1. The summed E-state index contributed by atoms with van der Waals surface area (Å²) in [5.41, 5.74) is 5.45. The van der Waals surface area contributed by atoms with Crippen LogP contribution in [0.4, 0.5) is 0 Å². The monoisotopic (exact) mass is 299 g/mol. The Bertz CT molecular complexity index is 418. The average Bonchev–Trinajstić information content (AvgIpc) is 2.25. The van der Waals surface area contributed by atoms with E-state index in [2.05, 4.69) is 15.5 Å². The summed E-state index contributed by atoms with van der Waals surface area (Å²) in [5.74, 6) is 0. The minimum absolute atomic E-state index is 0. The normalized spacial score (nSPS) is 10.5. The third-order valence-corrected chi connectivity index (χ3v) is 2.44. The van der Waals surface area contributed by atoms with Gasteiger partial charge in [0.2, 0.25) is 0 Å². The Morgan fingerprint density at radius 2 is 2.06 bits per heavy atom. The van der Waals surface area contributed by atoms with Crippen LogP contribution in [0.25, 0.3) is 0 Å². The molecule has 1 aromatic heterocycles. The molecule has 6 heteroatoms. The van der Waals surface area contributed by atoms with Gasteiger partial charge in [0.15, 0.2) is 5.11 Å². The zero-order valence-corrected chi connectivity index (χ0v) is 12.0. The first-order valence-electron chi connectivity index (χ1n) is 4.96. The summed E-state index contributed by atoms with van der Waals surface area (Å²) in [7, 11) is 3.73. The molecule has 1 aromatic rings. The number of rotatable bonds is 2. The standard InChI is InChI=1S/C11H16N4S.Cu/c1-8-6-5-7-10(12-8)9(2)13-14-11(16)15(3)4;/h5-7H,1-4H3,(H,14,16);/q;+2. The second-order valence-corrected chi connectivity index (χ2v) is 4.06. The van der Waals surface area contributed by atoms with Crippen LogP contribution in [0.1, 0.15) is 18.3 Å². The fourth-order valence-corrected chi connectivity index (χ4v) is 1.08. The molecule has 0 fully saturated rings. The second kappa shape index (κ2) is 7.37.